The van der Waals surface area contributed by atoms with Crippen LogP contribution in [0.1, 0.15) is 22.8 Å². The fraction of sp³-hybridized carbons (Fsp3) is 0.0870. The molecule has 0 saturated carbocycles. The summed E-state index contributed by atoms with van der Waals surface area (Å²) in [6, 6.07) is 14.8. The molecular formula is C23H18N4O4. The molecule has 8 nitrogen and oxygen atoms in total. The van der Waals surface area contributed by atoms with Crippen molar-refractivity contribution >= 4 is 34.8 Å². The average molecular weight is 414 g/mol. The summed E-state index contributed by atoms with van der Waals surface area (Å²) in [5.41, 5.74) is 0.496. The van der Waals surface area contributed by atoms with Crippen molar-refractivity contribution in [1.82, 2.24) is 9.97 Å². The van der Waals surface area contributed by atoms with E-state index in [1.165, 1.54) is 12.4 Å². The van der Waals surface area contributed by atoms with E-state index in [1.807, 2.05) is 6.92 Å². The molecule has 1 amide bonds. The molecule has 2 aromatic carbocycles. The predicted octanol–water partition coefficient (Wildman–Crippen LogP) is 3.75. The minimum atomic E-state index is -0.681. The van der Waals surface area contributed by atoms with Gasteiger partial charge in [0, 0.05) is 29.2 Å². The van der Waals surface area contributed by atoms with Gasteiger partial charge in [0.15, 0.2) is 0 Å². The van der Waals surface area contributed by atoms with Crippen LogP contribution in [0.4, 0.5) is 11.6 Å². The molecule has 0 radical (unpaired) electrons. The van der Waals surface area contributed by atoms with Crippen molar-refractivity contribution in [3.05, 3.63) is 83.7 Å². The number of hydrogen-bond acceptors (Lipinski definition) is 7. The third kappa shape index (κ3) is 4.04. The van der Waals surface area contributed by atoms with Gasteiger partial charge in [-0.3, -0.25) is 9.59 Å². The summed E-state index contributed by atoms with van der Waals surface area (Å²) in [5.74, 6) is -0.859. The number of benzene rings is 2. The topological polar surface area (TPSA) is 114 Å². The molecule has 154 valence electrons. The molecule has 0 fully saturated rings. The lowest BCUT2D eigenvalue weighted by Crippen LogP contribution is -2.31. The second kappa shape index (κ2) is 8.58. The molecular weight excluding hydrogens is 396 g/mol. The van der Waals surface area contributed by atoms with Crippen LogP contribution in [0.2, 0.25) is 0 Å². The third-order valence-corrected chi connectivity index (χ3v) is 4.53. The van der Waals surface area contributed by atoms with E-state index in [0.29, 0.717) is 18.0 Å². The second-order valence-corrected chi connectivity index (χ2v) is 6.52. The number of hydrogen-bond donors (Lipinski definition) is 2. The summed E-state index contributed by atoms with van der Waals surface area (Å²) in [4.78, 5) is 38.4. The van der Waals surface area contributed by atoms with Crippen molar-refractivity contribution in [3.63, 3.8) is 0 Å². The van der Waals surface area contributed by atoms with E-state index in [1.54, 1.807) is 54.6 Å². The molecule has 1 aromatic heterocycles. The molecule has 0 atom stereocenters. The first-order valence-electron chi connectivity index (χ1n) is 9.56. The molecule has 0 saturated heterocycles. The number of amides is 1. The number of rotatable bonds is 5. The molecule has 0 spiro atoms. The SMILES string of the molecule is CCOc1ccc(NC(=O)C2=C(O)c3ccccc3C(=O)/C2=N\c2ncccn2)cc1. The van der Waals surface area contributed by atoms with Gasteiger partial charge in [-0.2, -0.15) is 0 Å². The first-order valence-corrected chi connectivity index (χ1v) is 9.56. The van der Waals surface area contributed by atoms with Crippen LogP contribution in [0.15, 0.2) is 77.6 Å². The minimum absolute atomic E-state index is 0.00407. The van der Waals surface area contributed by atoms with Crippen LogP contribution in [0.5, 0.6) is 5.75 Å². The molecule has 4 rings (SSSR count). The third-order valence-electron chi connectivity index (χ3n) is 4.53. The highest BCUT2D eigenvalue weighted by Crippen LogP contribution is 2.30. The van der Waals surface area contributed by atoms with Gasteiger partial charge < -0.3 is 15.2 Å². The zero-order chi connectivity index (χ0) is 21.8. The number of anilines is 1. The van der Waals surface area contributed by atoms with Crippen molar-refractivity contribution in [2.24, 2.45) is 4.99 Å². The monoisotopic (exact) mass is 414 g/mol. The molecule has 0 bridgehead atoms. The van der Waals surface area contributed by atoms with Crippen molar-refractivity contribution in [2.75, 3.05) is 11.9 Å². The first-order chi connectivity index (χ1) is 15.1. The Morgan fingerprint density at radius 1 is 1.03 bits per heavy atom. The van der Waals surface area contributed by atoms with Gasteiger partial charge in [-0.05, 0) is 37.3 Å². The Morgan fingerprint density at radius 3 is 2.39 bits per heavy atom. The predicted molar refractivity (Wildman–Crippen MR) is 116 cm³/mol. The van der Waals surface area contributed by atoms with Crippen LogP contribution in [-0.4, -0.2) is 39.1 Å². The summed E-state index contributed by atoms with van der Waals surface area (Å²) >= 11 is 0. The zero-order valence-electron chi connectivity index (χ0n) is 16.6. The molecule has 0 aliphatic heterocycles. The molecule has 31 heavy (non-hydrogen) atoms. The van der Waals surface area contributed by atoms with Gasteiger partial charge in [-0.15, -0.1) is 0 Å². The van der Waals surface area contributed by atoms with Crippen LogP contribution in [0.25, 0.3) is 5.76 Å². The van der Waals surface area contributed by atoms with E-state index < -0.39 is 11.7 Å². The summed E-state index contributed by atoms with van der Waals surface area (Å²) in [5, 5.41) is 13.6. The standard InChI is InChI=1S/C23H18N4O4/c1-2-31-15-10-8-14(9-11-15)26-22(30)18-19(27-23-24-12-5-13-25-23)21(29)17-7-4-3-6-16(17)20(18)28/h3-13,28H,2H2,1H3,(H,26,30)/b27-19-. The number of nitrogens with zero attached hydrogens (tertiary/aromatic N) is 3. The van der Waals surface area contributed by atoms with Gasteiger partial charge in [0.1, 0.15) is 22.8 Å². The molecule has 1 aliphatic rings. The summed E-state index contributed by atoms with van der Waals surface area (Å²) < 4.78 is 5.40. The Kier molecular flexibility index (Phi) is 5.53. The molecule has 1 aliphatic carbocycles. The summed E-state index contributed by atoms with van der Waals surface area (Å²) in [7, 11) is 0. The Labute approximate surface area is 178 Å². The lowest BCUT2D eigenvalue weighted by atomic mass is 9.87. The van der Waals surface area contributed by atoms with Crippen molar-refractivity contribution in [1.29, 1.82) is 0 Å². The number of ether oxygens (including phenoxy) is 1. The Morgan fingerprint density at radius 2 is 1.71 bits per heavy atom. The number of fused-ring (bicyclic) bond motifs is 1. The maximum absolute atomic E-state index is 13.1. The lowest BCUT2D eigenvalue weighted by molar-refractivity contribution is -0.112. The van der Waals surface area contributed by atoms with Crippen LogP contribution in [-0.2, 0) is 4.79 Å². The molecule has 8 heteroatoms. The van der Waals surface area contributed by atoms with E-state index in [4.69, 9.17) is 4.74 Å². The number of nitrogens with one attached hydrogen (secondary N) is 1. The maximum atomic E-state index is 13.1. The first kappa shape index (κ1) is 20.0. The minimum Gasteiger partial charge on any atom is -0.506 e. The average Bonchev–Trinajstić information content (AvgIpc) is 2.79. The van der Waals surface area contributed by atoms with Crippen molar-refractivity contribution in [2.45, 2.75) is 6.92 Å². The quantitative estimate of drug-likeness (QED) is 0.657. The normalized spacial score (nSPS) is 14.4. The van der Waals surface area contributed by atoms with Gasteiger partial charge in [0.05, 0.1) is 6.61 Å². The molecule has 2 N–H and O–H groups in total. The van der Waals surface area contributed by atoms with Crippen LogP contribution in [0, 0.1) is 0 Å². The Bertz CT molecular complexity index is 1200. The lowest BCUT2D eigenvalue weighted by Gasteiger charge is -2.20. The fourth-order valence-corrected chi connectivity index (χ4v) is 3.14. The molecule has 0 unspecified atom stereocenters. The van der Waals surface area contributed by atoms with E-state index >= 15 is 0 Å². The van der Waals surface area contributed by atoms with E-state index in [0.717, 1.165) is 0 Å². The smallest absolute Gasteiger partial charge is 0.261 e. The van der Waals surface area contributed by atoms with E-state index in [-0.39, 0.29) is 34.1 Å². The molecule has 1 heterocycles. The zero-order valence-corrected chi connectivity index (χ0v) is 16.6. The fourth-order valence-electron chi connectivity index (χ4n) is 3.14. The van der Waals surface area contributed by atoms with Crippen molar-refractivity contribution in [3.8, 4) is 5.75 Å². The van der Waals surface area contributed by atoms with E-state index in [2.05, 4.69) is 20.3 Å². The number of aliphatic imine (C=N–C) groups is 1. The number of ketones is 1. The molecule has 3 aromatic rings. The highest BCUT2D eigenvalue weighted by molar-refractivity contribution is 6.60. The van der Waals surface area contributed by atoms with Gasteiger partial charge >= 0.3 is 0 Å². The highest BCUT2D eigenvalue weighted by atomic mass is 16.5. The number of Topliss-reactive ketones (excluding diaryl/α,β-unsaturated/α-hetero) is 1. The number of aliphatic hydroxyl groups is 1. The summed E-state index contributed by atoms with van der Waals surface area (Å²) in [6.45, 7) is 2.40. The number of carbonyl (C=O) groups excluding carboxylic acids is 2. The van der Waals surface area contributed by atoms with Gasteiger partial charge in [0.25, 0.3) is 5.91 Å². The van der Waals surface area contributed by atoms with E-state index in [9.17, 15) is 14.7 Å². The van der Waals surface area contributed by atoms with Gasteiger partial charge in [-0.25, -0.2) is 15.0 Å². The number of carbonyl (C=O) groups is 2. The van der Waals surface area contributed by atoms with Crippen LogP contribution in [0.3, 0.4) is 0 Å². The van der Waals surface area contributed by atoms with Crippen molar-refractivity contribution < 1.29 is 19.4 Å². The largest absolute Gasteiger partial charge is 0.506 e. The Hall–Kier alpha value is -4.33. The van der Waals surface area contributed by atoms with Crippen LogP contribution >= 0.6 is 0 Å². The number of aromatic nitrogens is 2. The number of aliphatic hydroxyl groups excluding tert-OH is 1. The Balaban J connectivity index is 1.76. The second-order valence-electron chi connectivity index (χ2n) is 6.52. The highest BCUT2D eigenvalue weighted by Gasteiger charge is 2.35. The summed E-state index contributed by atoms with van der Waals surface area (Å²) in [6.07, 6.45) is 2.94. The van der Waals surface area contributed by atoms with Gasteiger partial charge in [-0.1, -0.05) is 24.3 Å². The van der Waals surface area contributed by atoms with Crippen LogP contribution < -0.4 is 10.1 Å². The maximum Gasteiger partial charge on any atom is 0.261 e. The van der Waals surface area contributed by atoms with Gasteiger partial charge in [0.2, 0.25) is 11.7 Å².